The molecular weight excluding hydrogens is 204 g/mol. The number of aryl methyl sites for hydroxylation is 1. The number of thiazole rings is 1. The van der Waals surface area contributed by atoms with Crippen LogP contribution in [0.25, 0.3) is 0 Å². The second-order valence-corrected chi connectivity index (χ2v) is 3.48. The zero-order valence-electron chi connectivity index (χ0n) is 7.85. The topological polar surface area (TPSA) is 71.8 Å². The molecule has 0 fully saturated rings. The van der Waals surface area contributed by atoms with Crippen molar-refractivity contribution in [1.82, 2.24) is 4.98 Å². The Morgan fingerprint density at radius 3 is 2.93 bits per heavy atom. The van der Waals surface area contributed by atoms with Crippen LogP contribution in [0.2, 0.25) is 0 Å². The second kappa shape index (κ2) is 4.71. The Morgan fingerprint density at radius 2 is 2.50 bits per heavy atom. The second-order valence-electron chi connectivity index (χ2n) is 2.41. The normalized spacial score (nSPS) is 11.4. The van der Waals surface area contributed by atoms with E-state index in [0.29, 0.717) is 12.3 Å². The molecule has 0 amide bonds. The Balaban J connectivity index is 2.94. The largest absolute Gasteiger partial charge is 0.476 e. The van der Waals surface area contributed by atoms with Gasteiger partial charge in [0.25, 0.3) is 0 Å². The summed E-state index contributed by atoms with van der Waals surface area (Å²) in [6.07, 6.45) is 0. The van der Waals surface area contributed by atoms with E-state index < -0.39 is 5.97 Å². The predicted octanol–water partition coefficient (Wildman–Crippen LogP) is 1.28. The highest BCUT2D eigenvalue weighted by Crippen LogP contribution is 2.09. The average molecular weight is 214 g/mol. The molecule has 0 aliphatic heterocycles. The Labute approximate surface area is 85.0 Å². The standard InChI is InChI=1S/C8H10N2O3S/c1-3-13-10-7(8(11)12)6-4-14-5(2)9-6/h4H,3H2,1-2H3,(H,11,12). The van der Waals surface area contributed by atoms with E-state index in [-0.39, 0.29) is 5.71 Å². The van der Waals surface area contributed by atoms with E-state index in [4.69, 9.17) is 9.94 Å². The molecule has 0 bridgehead atoms. The molecule has 0 radical (unpaired) electrons. The van der Waals surface area contributed by atoms with E-state index in [0.717, 1.165) is 5.01 Å². The third kappa shape index (κ3) is 2.53. The molecule has 1 rings (SSSR count). The van der Waals surface area contributed by atoms with Crippen molar-refractivity contribution in [2.75, 3.05) is 6.61 Å². The smallest absolute Gasteiger partial charge is 0.360 e. The van der Waals surface area contributed by atoms with E-state index in [9.17, 15) is 4.79 Å². The molecule has 6 heteroatoms. The van der Waals surface area contributed by atoms with Gasteiger partial charge in [-0.05, 0) is 13.8 Å². The van der Waals surface area contributed by atoms with Gasteiger partial charge < -0.3 is 9.94 Å². The molecule has 0 spiro atoms. The van der Waals surface area contributed by atoms with Crippen molar-refractivity contribution in [3.05, 3.63) is 16.1 Å². The van der Waals surface area contributed by atoms with Crippen LogP contribution < -0.4 is 0 Å². The van der Waals surface area contributed by atoms with Gasteiger partial charge in [-0.25, -0.2) is 9.78 Å². The first-order chi connectivity index (χ1) is 6.65. The number of hydrogen-bond acceptors (Lipinski definition) is 5. The molecule has 0 saturated carbocycles. The number of carbonyl (C=O) groups is 1. The third-order valence-electron chi connectivity index (χ3n) is 1.35. The molecule has 76 valence electrons. The van der Waals surface area contributed by atoms with Gasteiger partial charge in [-0.15, -0.1) is 11.3 Å². The zero-order chi connectivity index (χ0) is 10.6. The summed E-state index contributed by atoms with van der Waals surface area (Å²) in [4.78, 5) is 19.5. The summed E-state index contributed by atoms with van der Waals surface area (Å²) in [5, 5.41) is 14.7. The molecule has 1 heterocycles. The molecule has 0 unspecified atom stereocenters. The van der Waals surface area contributed by atoms with E-state index >= 15 is 0 Å². The van der Waals surface area contributed by atoms with Crippen molar-refractivity contribution in [2.24, 2.45) is 5.16 Å². The van der Waals surface area contributed by atoms with Gasteiger partial charge in [0.1, 0.15) is 12.3 Å². The van der Waals surface area contributed by atoms with Gasteiger partial charge in [-0.1, -0.05) is 5.16 Å². The minimum Gasteiger partial charge on any atom is -0.476 e. The van der Waals surface area contributed by atoms with Crippen LogP contribution in [-0.2, 0) is 9.63 Å². The fourth-order valence-electron chi connectivity index (χ4n) is 0.797. The highest BCUT2D eigenvalue weighted by molar-refractivity contribution is 7.09. The lowest BCUT2D eigenvalue weighted by atomic mass is 10.3. The number of carboxylic acids is 1. The lowest BCUT2D eigenvalue weighted by Gasteiger charge is -1.96. The Morgan fingerprint density at radius 1 is 1.79 bits per heavy atom. The van der Waals surface area contributed by atoms with E-state index in [1.165, 1.54) is 11.3 Å². The average Bonchev–Trinajstić information content (AvgIpc) is 2.52. The van der Waals surface area contributed by atoms with Crippen molar-refractivity contribution in [2.45, 2.75) is 13.8 Å². The number of aromatic nitrogens is 1. The van der Waals surface area contributed by atoms with E-state index in [2.05, 4.69) is 10.1 Å². The summed E-state index contributed by atoms with van der Waals surface area (Å²) >= 11 is 1.37. The fourth-order valence-corrected chi connectivity index (χ4v) is 1.39. The lowest BCUT2D eigenvalue weighted by molar-refractivity contribution is -0.129. The van der Waals surface area contributed by atoms with Crippen LogP contribution in [-0.4, -0.2) is 28.4 Å². The molecule has 1 aromatic heterocycles. The van der Waals surface area contributed by atoms with Crippen LogP contribution in [0.3, 0.4) is 0 Å². The number of hydrogen-bond donors (Lipinski definition) is 1. The molecule has 1 N–H and O–H groups in total. The molecule has 0 aromatic carbocycles. The molecule has 1 aromatic rings. The number of nitrogens with zero attached hydrogens (tertiary/aromatic N) is 2. The molecular formula is C8H10N2O3S. The maximum atomic E-state index is 10.8. The molecule has 14 heavy (non-hydrogen) atoms. The Bertz CT molecular complexity index is 359. The summed E-state index contributed by atoms with van der Waals surface area (Å²) in [5.41, 5.74) is 0.185. The third-order valence-corrected chi connectivity index (χ3v) is 2.12. The van der Waals surface area contributed by atoms with Gasteiger partial charge in [0.15, 0.2) is 0 Å². The molecule has 0 saturated heterocycles. The van der Waals surface area contributed by atoms with Crippen molar-refractivity contribution >= 4 is 23.0 Å². The van der Waals surface area contributed by atoms with Gasteiger partial charge in [-0.3, -0.25) is 0 Å². The van der Waals surface area contributed by atoms with Crippen LogP contribution in [0.1, 0.15) is 17.6 Å². The van der Waals surface area contributed by atoms with Crippen LogP contribution >= 0.6 is 11.3 Å². The van der Waals surface area contributed by atoms with Gasteiger partial charge in [0.2, 0.25) is 5.71 Å². The van der Waals surface area contributed by atoms with Crippen molar-refractivity contribution in [1.29, 1.82) is 0 Å². The first-order valence-corrected chi connectivity index (χ1v) is 4.89. The molecule has 5 nitrogen and oxygen atoms in total. The summed E-state index contributed by atoms with van der Waals surface area (Å²) in [6.45, 7) is 3.86. The van der Waals surface area contributed by atoms with Crippen LogP contribution in [0, 0.1) is 6.92 Å². The minimum atomic E-state index is -1.14. The summed E-state index contributed by atoms with van der Waals surface area (Å²) in [7, 11) is 0. The lowest BCUT2D eigenvalue weighted by Crippen LogP contribution is -2.15. The monoisotopic (exact) mass is 214 g/mol. The van der Waals surface area contributed by atoms with Gasteiger partial charge in [0.05, 0.1) is 5.01 Å². The molecule has 0 aliphatic rings. The SMILES string of the molecule is CCON=C(C(=O)O)c1csc(C)n1. The zero-order valence-corrected chi connectivity index (χ0v) is 8.67. The first-order valence-electron chi connectivity index (χ1n) is 4.01. The quantitative estimate of drug-likeness (QED) is 0.605. The number of oxime groups is 1. The van der Waals surface area contributed by atoms with Gasteiger partial charge in [0, 0.05) is 5.38 Å². The van der Waals surface area contributed by atoms with Crippen LogP contribution in [0.15, 0.2) is 10.5 Å². The van der Waals surface area contributed by atoms with Gasteiger partial charge >= 0.3 is 5.97 Å². The predicted molar refractivity (Wildman–Crippen MR) is 52.6 cm³/mol. The number of aliphatic carboxylic acids is 1. The summed E-state index contributed by atoms with van der Waals surface area (Å²) in [5.74, 6) is -1.14. The van der Waals surface area contributed by atoms with E-state index in [1.54, 1.807) is 19.2 Å². The van der Waals surface area contributed by atoms with Crippen molar-refractivity contribution < 1.29 is 14.7 Å². The highest BCUT2D eigenvalue weighted by Gasteiger charge is 2.16. The maximum Gasteiger partial charge on any atom is 0.360 e. The Hall–Kier alpha value is -1.43. The summed E-state index contributed by atoms with van der Waals surface area (Å²) in [6, 6.07) is 0. The van der Waals surface area contributed by atoms with Crippen LogP contribution in [0.4, 0.5) is 0 Å². The van der Waals surface area contributed by atoms with E-state index in [1.807, 2.05) is 0 Å². The number of carboxylic acid groups (broad SMARTS) is 1. The van der Waals surface area contributed by atoms with Crippen molar-refractivity contribution in [3.8, 4) is 0 Å². The van der Waals surface area contributed by atoms with Crippen LogP contribution in [0.5, 0.6) is 0 Å². The fraction of sp³-hybridized carbons (Fsp3) is 0.375. The molecule has 0 aliphatic carbocycles. The maximum absolute atomic E-state index is 10.8. The first kappa shape index (κ1) is 10.6. The van der Waals surface area contributed by atoms with Gasteiger partial charge in [-0.2, -0.15) is 0 Å². The summed E-state index contributed by atoms with van der Waals surface area (Å²) < 4.78 is 0. The minimum absolute atomic E-state index is 0.156. The Kier molecular flexibility index (Phi) is 3.58. The highest BCUT2D eigenvalue weighted by atomic mass is 32.1. The van der Waals surface area contributed by atoms with Crippen molar-refractivity contribution in [3.63, 3.8) is 0 Å². The number of rotatable bonds is 4. The molecule has 0 atom stereocenters.